The fraction of sp³-hybridized carbons (Fsp3) is 0.231. The summed E-state index contributed by atoms with van der Waals surface area (Å²) in [5.74, 6) is 6.04. The number of imidazole rings is 1. The lowest BCUT2D eigenvalue weighted by atomic mass is 10.3. The molecule has 0 saturated heterocycles. The fourth-order valence-corrected chi connectivity index (χ4v) is 1.89. The van der Waals surface area contributed by atoms with Crippen molar-refractivity contribution in [3.63, 3.8) is 0 Å². The highest BCUT2D eigenvalue weighted by atomic mass is 16.5. The van der Waals surface area contributed by atoms with Gasteiger partial charge >= 0.3 is 6.01 Å². The lowest BCUT2D eigenvalue weighted by Crippen LogP contribution is -2.14. The van der Waals surface area contributed by atoms with E-state index in [1.807, 2.05) is 31.2 Å². The number of hydrogen-bond donors (Lipinski definition) is 2. The van der Waals surface area contributed by atoms with Gasteiger partial charge in [-0.2, -0.15) is 15.0 Å². The van der Waals surface area contributed by atoms with E-state index in [2.05, 4.69) is 25.4 Å². The summed E-state index contributed by atoms with van der Waals surface area (Å²) in [4.78, 5) is 16.9. The second-order valence-electron chi connectivity index (χ2n) is 4.34. The number of nitrogens with two attached hydrogens (primary N) is 1. The van der Waals surface area contributed by atoms with Crippen molar-refractivity contribution < 1.29 is 4.74 Å². The van der Waals surface area contributed by atoms with E-state index in [1.165, 1.54) is 0 Å². The molecule has 3 rings (SSSR count). The van der Waals surface area contributed by atoms with E-state index in [4.69, 9.17) is 10.6 Å². The van der Waals surface area contributed by atoms with Crippen LogP contribution >= 0.6 is 0 Å². The number of para-hydroxylation sites is 2. The lowest BCUT2D eigenvalue weighted by molar-refractivity contribution is 0.291. The molecule has 0 unspecified atom stereocenters. The number of ether oxygens (including phenoxy) is 1. The van der Waals surface area contributed by atoms with E-state index >= 15 is 0 Å². The highest BCUT2D eigenvalue weighted by Gasteiger charge is 2.11. The summed E-state index contributed by atoms with van der Waals surface area (Å²) >= 11 is 0. The molecule has 2 aromatic heterocycles. The normalized spacial score (nSPS) is 10.8. The Morgan fingerprint density at radius 3 is 2.90 bits per heavy atom. The van der Waals surface area contributed by atoms with Crippen LogP contribution in [-0.4, -0.2) is 31.1 Å². The topological polar surface area (TPSA) is 104 Å². The number of nitrogens with one attached hydrogen (secondary N) is 1. The van der Waals surface area contributed by atoms with Gasteiger partial charge < -0.3 is 4.74 Å². The number of aromatic nitrogens is 5. The van der Waals surface area contributed by atoms with E-state index < -0.39 is 0 Å². The van der Waals surface area contributed by atoms with Gasteiger partial charge in [0, 0.05) is 0 Å². The molecule has 108 valence electrons. The SMILES string of the molecule is CCCOc1nc(NN)nc(-n2cnc3ccccc32)n1. The Balaban J connectivity index is 2.08. The number of hydrazine groups is 1. The monoisotopic (exact) mass is 285 g/mol. The number of rotatable bonds is 5. The third-order valence-electron chi connectivity index (χ3n) is 2.84. The average Bonchev–Trinajstić information content (AvgIpc) is 2.96. The lowest BCUT2D eigenvalue weighted by Gasteiger charge is -2.08. The van der Waals surface area contributed by atoms with Gasteiger partial charge in [-0.05, 0) is 18.6 Å². The predicted octanol–water partition coefficient (Wildman–Crippen LogP) is 1.28. The Morgan fingerprint density at radius 1 is 1.24 bits per heavy atom. The van der Waals surface area contributed by atoms with Crippen molar-refractivity contribution in [2.45, 2.75) is 13.3 Å². The third kappa shape index (κ3) is 2.61. The average molecular weight is 285 g/mol. The van der Waals surface area contributed by atoms with Crippen LogP contribution in [0.15, 0.2) is 30.6 Å². The van der Waals surface area contributed by atoms with E-state index in [0.717, 1.165) is 17.5 Å². The summed E-state index contributed by atoms with van der Waals surface area (Å²) in [5.41, 5.74) is 4.17. The molecule has 0 bridgehead atoms. The maximum absolute atomic E-state index is 5.46. The van der Waals surface area contributed by atoms with Crippen LogP contribution in [0.5, 0.6) is 6.01 Å². The molecule has 0 radical (unpaired) electrons. The largest absolute Gasteiger partial charge is 0.463 e. The molecule has 2 heterocycles. The standard InChI is InChI=1S/C13H15N7O/c1-2-7-21-13-17-11(19-14)16-12(18-13)20-8-15-9-5-3-4-6-10(9)20/h3-6,8H,2,7,14H2,1H3,(H,16,17,18,19). The molecule has 0 aliphatic rings. The van der Waals surface area contributed by atoms with E-state index in [1.54, 1.807) is 10.9 Å². The van der Waals surface area contributed by atoms with Gasteiger partial charge in [-0.15, -0.1) is 0 Å². The first kappa shape index (κ1) is 13.3. The minimum atomic E-state index is 0.229. The van der Waals surface area contributed by atoms with Crippen molar-refractivity contribution in [2.24, 2.45) is 5.84 Å². The molecule has 21 heavy (non-hydrogen) atoms. The second kappa shape index (κ2) is 5.71. The van der Waals surface area contributed by atoms with Crippen LogP contribution in [0.1, 0.15) is 13.3 Å². The first-order valence-corrected chi connectivity index (χ1v) is 6.59. The fourth-order valence-electron chi connectivity index (χ4n) is 1.89. The van der Waals surface area contributed by atoms with Crippen LogP contribution in [0.25, 0.3) is 17.0 Å². The van der Waals surface area contributed by atoms with Crippen LogP contribution in [0.4, 0.5) is 5.95 Å². The molecular weight excluding hydrogens is 270 g/mol. The van der Waals surface area contributed by atoms with Gasteiger partial charge in [0.15, 0.2) is 0 Å². The van der Waals surface area contributed by atoms with Crippen molar-refractivity contribution in [3.05, 3.63) is 30.6 Å². The summed E-state index contributed by atoms with van der Waals surface area (Å²) in [7, 11) is 0. The predicted molar refractivity (Wildman–Crippen MR) is 78.1 cm³/mol. The van der Waals surface area contributed by atoms with Crippen LogP contribution < -0.4 is 16.0 Å². The van der Waals surface area contributed by atoms with Gasteiger partial charge in [0.2, 0.25) is 11.9 Å². The molecule has 0 fully saturated rings. The summed E-state index contributed by atoms with van der Waals surface area (Å²) in [6, 6.07) is 7.94. The van der Waals surface area contributed by atoms with E-state index in [9.17, 15) is 0 Å². The van der Waals surface area contributed by atoms with Gasteiger partial charge in [0.25, 0.3) is 0 Å². The number of nitrogen functional groups attached to an aromatic ring is 1. The van der Waals surface area contributed by atoms with Crippen LogP contribution in [0, 0.1) is 0 Å². The van der Waals surface area contributed by atoms with E-state index in [0.29, 0.717) is 12.6 Å². The third-order valence-corrected chi connectivity index (χ3v) is 2.84. The van der Waals surface area contributed by atoms with Crippen LogP contribution in [-0.2, 0) is 0 Å². The zero-order chi connectivity index (χ0) is 14.7. The maximum atomic E-state index is 5.46. The first-order valence-electron chi connectivity index (χ1n) is 6.59. The van der Waals surface area contributed by atoms with Gasteiger partial charge in [-0.3, -0.25) is 9.99 Å². The zero-order valence-electron chi connectivity index (χ0n) is 11.5. The summed E-state index contributed by atoms with van der Waals surface area (Å²) < 4.78 is 7.22. The van der Waals surface area contributed by atoms with Gasteiger partial charge in [-0.1, -0.05) is 19.1 Å². The molecule has 0 aliphatic carbocycles. The zero-order valence-corrected chi connectivity index (χ0v) is 11.5. The number of hydrogen-bond acceptors (Lipinski definition) is 7. The minimum Gasteiger partial charge on any atom is -0.463 e. The van der Waals surface area contributed by atoms with Crippen molar-refractivity contribution >= 4 is 17.0 Å². The Bertz CT molecular complexity index is 755. The number of fused-ring (bicyclic) bond motifs is 1. The van der Waals surface area contributed by atoms with Crippen LogP contribution in [0.3, 0.4) is 0 Å². The highest BCUT2D eigenvalue weighted by molar-refractivity contribution is 5.76. The molecular formula is C13H15N7O. The van der Waals surface area contributed by atoms with Crippen molar-refractivity contribution in [1.29, 1.82) is 0 Å². The number of anilines is 1. The molecule has 8 heteroatoms. The Kier molecular flexibility index (Phi) is 3.61. The molecule has 0 aliphatic heterocycles. The minimum absolute atomic E-state index is 0.229. The second-order valence-corrected chi connectivity index (χ2v) is 4.34. The van der Waals surface area contributed by atoms with Gasteiger partial charge in [0.1, 0.15) is 6.33 Å². The maximum Gasteiger partial charge on any atom is 0.323 e. The van der Waals surface area contributed by atoms with Crippen LogP contribution in [0.2, 0.25) is 0 Å². The molecule has 0 spiro atoms. The van der Waals surface area contributed by atoms with Crippen molar-refractivity contribution in [1.82, 2.24) is 24.5 Å². The molecule has 0 saturated carbocycles. The summed E-state index contributed by atoms with van der Waals surface area (Å²) in [6.07, 6.45) is 2.52. The molecule has 0 atom stereocenters. The Labute approximate surface area is 121 Å². The van der Waals surface area contributed by atoms with Crippen molar-refractivity contribution in [3.8, 4) is 12.0 Å². The smallest absolute Gasteiger partial charge is 0.323 e. The molecule has 0 amide bonds. The Morgan fingerprint density at radius 2 is 2.10 bits per heavy atom. The summed E-state index contributed by atoms with van der Waals surface area (Å²) in [5, 5.41) is 0. The van der Waals surface area contributed by atoms with Crippen molar-refractivity contribution in [2.75, 3.05) is 12.0 Å². The number of benzene rings is 1. The van der Waals surface area contributed by atoms with Gasteiger partial charge in [-0.25, -0.2) is 10.8 Å². The molecule has 1 aromatic carbocycles. The Hall–Kier alpha value is -2.74. The van der Waals surface area contributed by atoms with E-state index in [-0.39, 0.29) is 12.0 Å². The molecule has 8 nitrogen and oxygen atoms in total. The first-order chi connectivity index (χ1) is 10.3. The molecule has 3 aromatic rings. The summed E-state index contributed by atoms with van der Waals surface area (Å²) in [6.45, 7) is 2.53. The quantitative estimate of drug-likeness (QED) is 0.537. The molecule has 3 N–H and O–H groups in total. The highest BCUT2D eigenvalue weighted by Crippen LogP contribution is 2.17. The van der Waals surface area contributed by atoms with Gasteiger partial charge in [0.05, 0.1) is 17.6 Å². The number of nitrogens with zero attached hydrogens (tertiary/aromatic N) is 5.